The van der Waals surface area contributed by atoms with Gasteiger partial charge in [-0.05, 0) is 0 Å². The van der Waals surface area contributed by atoms with Gasteiger partial charge in [0, 0.05) is 0 Å². The van der Waals surface area contributed by atoms with Gasteiger partial charge < -0.3 is 0 Å². The van der Waals surface area contributed by atoms with Crippen molar-refractivity contribution in [3.8, 4) is 0 Å². The highest BCUT2D eigenvalue weighted by Crippen LogP contribution is 3.00. The molecule has 0 radical (unpaired) electrons. The molecule has 0 spiro atoms. The van der Waals surface area contributed by atoms with E-state index in [1.54, 1.807) is 0 Å². The molecule has 0 amide bonds. The Kier molecular flexibility index (Phi) is 0.255. The zero-order valence-corrected chi connectivity index (χ0v) is 4.60. The highest BCUT2D eigenvalue weighted by molar-refractivity contribution is 8.64. The normalized spacial score (nSPS) is 65.0. The van der Waals surface area contributed by atoms with E-state index in [1.807, 2.05) is 16.1 Å². The van der Waals surface area contributed by atoms with E-state index in [0.29, 0.717) is 0 Å². The maximum atomic E-state index is 1.81. The molecule has 0 aromatic rings. The summed E-state index contributed by atoms with van der Waals surface area (Å²) in [6, 6.07) is 0. The van der Waals surface area contributed by atoms with Gasteiger partial charge >= 0.3 is 0 Å². The average molecular weight is 106 g/mol. The van der Waals surface area contributed by atoms with Crippen LogP contribution in [0.2, 0.25) is 0 Å². The molecule has 2 unspecified atom stereocenters. The Labute approximate surface area is 29.0 Å². The van der Waals surface area contributed by atoms with E-state index >= 15 is 0 Å². The largest absolute Gasteiger partial charge is 0.199 e. The number of rotatable bonds is 0. The van der Waals surface area contributed by atoms with E-state index in [4.69, 9.17) is 0 Å². The molecule has 1 saturated heterocycles. The fraction of sp³-hybridized carbons (Fsp3) is 1.00. The second-order valence-corrected chi connectivity index (χ2v) is 9.69. The van der Waals surface area contributed by atoms with Crippen LogP contribution in [0.5, 0.6) is 0 Å². The lowest BCUT2D eigenvalue weighted by molar-refractivity contribution is 2.21. The Balaban J connectivity index is 2.85. The minimum Gasteiger partial charge on any atom is -0.199 e. The van der Waals surface area contributed by atoms with Crippen LogP contribution in [0.1, 0.15) is 0 Å². The van der Waals surface area contributed by atoms with Gasteiger partial charge in [0.1, 0.15) is 7.87 Å². The molecule has 0 bridgehead atoms. The molecule has 2 aliphatic rings. The van der Waals surface area contributed by atoms with Gasteiger partial charge in [0.2, 0.25) is 0 Å². The summed E-state index contributed by atoms with van der Waals surface area (Å²) in [5.41, 5.74) is 0. The first kappa shape index (κ1) is 2.25. The van der Waals surface area contributed by atoms with E-state index in [1.165, 1.54) is 5.14 Å². The van der Waals surface area contributed by atoms with E-state index in [9.17, 15) is 0 Å². The Morgan fingerprint density at radius 3 is 2.25 bits per heavy atom. The number of hydrogen-bond donors (Lipinski definition) is 0. The van der Waals surface area contributed by atoms with E-state index in [-0.39, 0.29) is 0 Å². The molecular formula is CHP3. The summed E-state index contributed by atoms with van der Waals surface area (Å²) >= 11 is 0. The van der Waals surface area contributed by atoms with Crippen molar-refractivity contribution in [2.45, 2.75) is 5.14 Å². The van der Waals surface area contributed by atoms with Crippen molar-refractivity contribution in [2.75, 3.05) is 0 Å². The summed E-state index contributed by atoms with van der Waals surface area (Å²) < 4.78 is 0. The molecule has 0 N–H and O–H groups in total. The monoisotopic (exact) mass is 106 g/mol. The van der Waals surface area contributed by atoms with E-state index in [0.717, 1.165) is 6.90 Å². The third-order valence-electron chi connectivity index (χ3n) is 0.541. The first-order valence-corrected chi connectivity index (χ1v) is 5.92. The molecule has 2 heterocycles. The van der Waals surface area contributed by atoms with Crippen LogP contribution in [0.3, 0.4) is 0 Å². The highest BCUT2D eigenvalue weighted by atomic mass is 32.3. The number of fused-ring (bicyclic) bond motifs is 1. The van der Waals surface area contributed by atoms with Crippen molar-refractivity contribution < 1.29 is 0 Å². The predicted molar refractivity (Wildman–Crippen MR) is 24.5 cm³/mol. The quantitative estimate of drug-likeness (QED) is 0.416. The molecule has 4 heavy (non-hydrogen) atoms. The van der Waals surface area contributed by atoms with Crippen molar-refractivity contribution >= 4 is 23.0 Å². The summed E-state index contributed by atoms with van der Waals surface area (Å²) in [6.07, 6.45) is 0. The van der Waals surface area contributed by atoms with Crippen molar-refractivity contribution in [3.05, 3.63) is 0 Å². The van der Waals surface area contributed by atoms with Crippen LogP contribution in [0.4, 0.5) is 0 Å². The topological polar surface area (TPSA) is 0 Å². The Hall–Kier alpha value is 1.03. The molecule has 0 aromatic heterocycles. The van der Waals surface area contributed by atoms with Gasteiger partial charge in [-0.2, -0.15) is 8.27 Å². The maximum absolute atomic E-state index is 1.81. The Bertz CT molecular complexity index is 83.3. The van der Waals surface area contributed by atoms with Gasteiger partial charge in [-0.25, -0.2) is 0 Å². The molecule has 0 aliphatic carbocycles. The van der Waals surface area contributed by atoms with Crippen LogP contribution in [0.25, 0.3) is 0 Å². The van der Waals surface area contributed by atoms with Crippen molar-refractivity contribution in [2.24, 2.45) is 0 Å². The summed E-state index contributed by atoms with van der Waals surface area (Å²) in [4.78, 5) is 0. The van der Waals surface area contributed by atoms with E-state index in [2.05, 4.69) is 0 Å². The third kappa shape index (κ3) is 0.153. The van der Waals surface area contributed by atoms with E-state index < -0.39 is 0 Å². The molecule has 0 aromatic carbocycles. The summed E-state index contributed by atoms with van der Waals surface area (Å²) in [5, 5.41) is 1.26. The van der Waals surface area contributed by atoms with Crippen molar-refractivity contribution in [1.82, 2.24) is 0 Å². The van der Waals surface area contributed by atoms with Crippen LogP contribution in [0.15, 0.2) is 0 Å². The zero-order chi connectivity index (χ0) is 2.57. The Morgan fingerprint density at radius 2 is 2.25 bits per heavy atom. The lowest BCUT2D eigenvalue weighted by Gasteiger charge is -1.48. The molecule has 2 aliphatic heterocycles. The van der Waals surface area contributed by atoms with Crippen LogP contribution >= 0.6 is 23.0 Å². The highest BCUT2D eigenvalue weighted by Gasteiger charge is 2.42. The second-order valence-electron chi connectivity index (χ2n) is 0.898. The summed E-state index contributed by atoms with van der Waals surface area (Å²) in [7, 11) is 3.63. The molecule has 20 valence electrons. The lowest BCUT2D eigenvalue weighted by atomic mass is 11.9. The molecule has 2 atom stereocenters. The summed E-state index contributed by atoms with van der Waals surface area (Å²) in [6.45, 7) is 0.741. The molecular weight excluding hydrogens is 105 g/mol. The van der Waals surface area contributed by atoms with Gasteiger partial charge in [-0.3, -0.25) is 0 Å². The van der Waals surface area contributed by atoms with Crippen LogP contribution < -0.4 is 0 Å². The summed E-state index contributed by atoms with van der Waals surface area (Å²) in [5.74, 6) is 0. The number of hydrogen-bond acceptors (Lipinski definition) is 0. The lowest BCUT2D eigenvalue weighted by Crippen LogP contribution is -1.20. The third-order valence-corrected chi connectivity index (χ3v) is 10.4. The van der Waals surface area contributed by atoms with Crippen molar-refractivity contribution in [3.63, 3.8) is 0 Å². The van der Waals surface area contributed by atoms with Crippen LogP contribution in [-0.2, 0) is 0 Å². The maximum Gasteiger partial charge on any atom is 0.103 e. The fourth-order valence-corrected chi connectivity index (χ4v) is 6.75. The van der Waals surface area contributed by atoms with Crippen molar-refractivity contribution in [1.29, 1.82) is 0 Å². The Morgan fingerprint density at radius 1 is 2.00 bits per heavy atom. The zero-order valence-electron chi connectivity index (χ0n) is 1.92. The van der Waals surface area contributed by atoms with Crippen LogP contribution in [0, 0.1) is 0 Å². The molecule has 1 fully saturated rings. The minimum atomic E-state index is 0.741. The van der Waals surface area contributed by atoms with Gasteiger partial charge in [-0.15, -0.1) is 0 Å². The molecule has 3 heteroatoms. The second kappa shape index (κ2) is 0.454. The fourth-order valence-electron chi connectivity index (χ4n) is 0.157. The van der Waals surface area contributed by atoms with Gasteiger partial charge in [0.15, 0.2) is 0 Å². The first-order valence-electron chi connectivity index (χ1n) is 1.17. The average Bonchev–Trinajstić information content (AvgIpc) is 1.36. The van der Waals surface area contributed by atoms with Gasteiger partial charge in [-0.1, -0.05) is 6.90 Å². The predicted octanol–water partition coefficient (Wildman–Crippen LogP) is 2.50. The molecule has 0 nitrogen and oxygen atoms in total. The molecule has 2 rings (SSSR count). The van der Waals surface area contributed by atoms with Crippen LogP contribution in [-0.4, -0.2) is 5.14 Å². The van der Waals surface area contributed by atoms with Gasteiger partial charge in [0.25, 0.3) is 0 Å². The SMILES string of the molecule is P1=[P+]2[P-]C12. The standard InChI is InChI=1S/CHP3/c2-1-3-4(1)2/h1H. The minimum absolute atomic E-state index is 0.741. The van der Waals surface area contributed by atoms with Gasteiger partial charge in [0.05, 0.1) is 5.14 Å². The molecule has 0 saturated carbocycles. The smallest absolute Gasteiger partial charge is 0.103 e. The first-order chi connectivity index (χ1) is 1.97.